The lowest BCUT2D eigenvalue weighted by Crippen LogP contribution is -2.29. The summed E-state index contributed by atoms with van der Waals surface area (Å²) < 4.78 is 41.9. The molecule has 184 valence electrons. The third-order valence-electron chi connectivity index (χ3n) is 5.70. The van der Waals surface area contributed by atoms with Crippen LogP contribution in [0.5, 0.6) is 0 Å². The lowest BCUT2D eigenvalue weighted by molar-refractivity contribution is -0.138. The second-order valence-corrected chi connectivity index (χ2v) is 10.2. The summed E-state index contributed by atoms with van der Waals surface area (Å²) in [5.41, 5.74) is 0.607. The standard InChI is InChI=1S/C25H23ClF3N3O2S/c1-15(2)4-3-9-31-23(33)22(35-24(31)34)11-16-5-8-21-18(10-16)13-30-32(21)14-17-6-7-19(26)12-20(17)25(27,28)29/h5-8,10-13,15H,3-4,9,14H2,1-2H3/b22-11-. The zero-order chi connectivity index (χ0) is 25.3. The molecule has 2 amide bonds. The molecule has 5 nitrogen and oxygen atoms in total. The summed E-state index contributed by atoms with van der Waals surface area (Å²) in [7, 11) is 0. The molecule has 1 aliphatic rings. The summed E-state index contributed by atoms with van der Waals surface area (Å²) in [4.78, 5) is 26.6. The van der Waals surface area contributed by atoms with E-state index in [-0.39, 0.29) is 28.3 Å². The fourth-order valence-electron chi connectivity index (χ4n) is 3.93. The normalized spacial score (nSPS) is 15.9. The monoisotopic (exact) mass is 521 g/mol. The molecule has 0 saturated carbocycles. The van der Waals surface area contributed by atoms with E-state index in [1.165, 1.54) is 21.7 Å². The van der Waals surface area contributed by atoms with Gasteiger partial charge in [-0.15, -0.1) is 0 Å². The number of alkyl halides is 3. The topological polar surface area (TPSA) is 55.2 Å². The highest BCUT2D eigenvalue weighted by atomic mass is 35.5. The van der Waals surface area contributed by atoms with Crippen molar-refractivity contribution in [2.75, 3.05) is 6.54 Å². The molecular weight excluding hydrogens is 499 g/mol. The Hall–Kier alpha value is -2.78. The molecule has 1 aliphatic heterocycles. The Kier molecular flexibility index (Phi) is 7.28. The highest BCUT2D eigenvalue weighted by Gasteiger charge is 2.35. The van der Waals surface area contributed by atoms with Crippen LogP contribution in [0.1, 0.15) is 43.4 Å². The van der Waals surface area contributed by atoms with Crippen molar-refractivity contribution in [2.45, 2.75) is 39.4 Å². The van der Waals surface area contributed by atoms with Gasteiger partial charge in [-0.25, -0.2) is 0 Å². The van der Waals surface area contributed by atoms with Gasteiger partial charge in [-0.3, -0.25) is 19.2 Å². The van der Waals surface area contributed by atoms with Crippen molar-refractivity contribution in [1.82, 2.24) is 14.7 Å². The minimum Gasteiger partial charge on any atom is -0.268 e. The van der Waals surface area contributed by atoms with Crippen LogP contribution in [-0.2, 0) is 17.5 Å². The number of carbonyl (C=O) groups is 2. The second kappa shape index (κ2) is 10.1. The number of carbonyl (C=O) groups excluding carboxylic acids is 2. The molecule has 2 heterocycles. The summed E-state index contributed by atoms with van der Waals surface area (Å²) in [5, 5.41) is 4.70. The van der Waals surface area contributed by atoms with Crippen LogP contribution in [0.15, 0.2) is 47.5 Å². The van der Waals surface area contributed by atoms with Gasteiger partial charge in [-0.2, -0.15) is 18.3 Å². The van der Waals surface area contributed by atoms with E-state index in [4.69, 9.17) is 11.6 Å². The van der Waals surface area contributed by atoms with Crippen LogP contribution in [0.3, 0.4) is 0 Å². The maximum atomic E-state index is 13.5. The van der Waals surface area contributed by atoms with Crippen LogP contribution in [0.2, 0.25) is 5.02 Å². The Bertz CT molecular complexity index is 1320. The summed E-state index contributed by atoms with van der Waals surface area (Å²) >= 11 is 6.69. The van der Waals surface area contributed by atoms with Crippen LogP contribution in [0, 0.1) is 5.92 Å². The number of hydrogen-bond acceptors (Lipinski definition) is 4. The number of fused-ring (bicyclic) bond motifs is 1. The van der Waals surface area contributed by atoms with E-state index in [0.29, 0.717) is 33.8 Å². The Morgan fingerprint density at radius 1 is 1.14 bits per heavy atom. The molecule has 0 aliphatic carbocycles. The smallest absolute Gasteiger partial charge is 0.268 e. The third kappa shape index (κ3) is 5.73. The van der Waals surface area contributed by atoms with Gasteiger partial charge in [0.2, 0.25) is 0 Å². The molecule has 0 spiro atoms. The highest BCUT2D eigenvalue weighted by Crippen LogP contribution is 2.35. The molecule has 10 heteroatoms. The second-order valence-electron chi connectivity index (χ2n) is 8.79. The van der Waals surface area contributed by atoms with E-state index in [1.807, 2.05) is 0 Å². The minimum absolute atomic E-state index is 0.0142. The van der Waals surface area contributed by atoms with Gasteiger partial charge in [0.05, 0.1) is 28.7 Å². The lowest BCUT2D eigenvalue weighted by atomic mass is 10.1. The van der Waals surface area contributed by atoms with Crippen LogP contribution in [-0.4, -0.2) is 32.4 Å². The van der Waals surface area contributed by atoms with Gasteiger partial charge in [-0.1, -0.05) is 37.6 Å². The minimum atomic E-state index is -4.53. The molecular formula is C25H23ClF3N3O2S. The van der Waals surface area contributed by atoms with Crippen molar-refractivity contribution in [3.63, 3.8) is 0 Å². The van der Waals surface area contributed by atoms with E-state index in [1.54, 1.807) is 30.5 Å². The zero-order valence-electron chi connectivity index (χ0n) is 19.1. The fourth-order valence-corrected chi connectivity index (χ4v) is 4.97. The van der Waals surface area contributed by atoms with Crippen molar-refractivity contribution in [2.24, 2.45) is 5.92 Å². The molecule has 0 bridgehead atoms. The number of imide groups is 1. The highest BCUT2D eigenvalue weighted by molar-refractivity contribution is 8.18. The number of aromatic nitrogens is 2. The van der Waals surface area contributed by atoms with Gasteiger partial charge in [-0.05, 0) is 72.0 Å². The van der Waals surface area contributed by atoms with Crippen molar-refractivity contribution in [3.8, 4) is 0 Å². The Morgan fingerprint density at radius 2 is 1.91 bits per heavy atom. The van der Waals surface area contributed by atoms with Gasteiger partial charge in [0.25, 0.3) is 11.1 Å². The Labute approximate surface area is 209 Å². The number of rotatable bonds is 7. The molecule has 0 N–H and O–H groups in total. The maximum absolute atomic E-state index is 13.5. The van der Waals surface area contributed by atoms with Gasteiger partial charge in [0, 0.05) is 17.0 Å². The van der Waals surface area contributed by atoms with E-state index in [9.17, 15) is 22.8 Å². The first kappa shape index (κ1) is 25.3. The Balaban J connectivity index is 1.55. The molecule has 0 atom stereocenters. The average Bonchev–Trinajstić information content (AvgIpc) is 3.29. The van der Waals surface area contributed by atoms with Crippen LogP contribution < -0.4 is 0 Å². The molecule has 2 aromatic carbocycles. The van der Waals surface area contributed by atoms with Gasteiger partial charge in [0.15, 0.2) is 0 Å². The molecule has 3 aromatic rings. The maximum Gasteiger partial charge on any atom is 0.416 e. The molecule has 35 heavy (non-hydrogen) atoms. The van der Waals surface area contributed by atoms with Crippen molar-refractivity contribution in [1.29, 1.82) is 0 Å². The summed E-state index contributed by atoms with van der Waals surface area (Å²) in [6.45, 7) is 4.51. The molecule has 1 fully saturated rings. The fraction of sp³-hybridized carbons (Fsp3) is 0.320. The van der Waals surface area contributed by atoms with E-state index < -0.39 is 11.7 Å². The van der Waals surface area contributed by atoms with E-state index in [0.717, 1.165) is 30.7 Å². The largest absolute Gasteiger partial charge is 0.416 e. The van der Waals surface area contributed by atoms with Crippen LogP contribution >= 0.6 is 23.4 Å². The van der Waals surface area contributed by atoms with Crippen molar-refractivity contribution < 1.29 is 22.8 Å². The van der Waals surface area contributed by atoms with Crippen molar-refractivity contribution >= 4 is 51.5 Å². The van der Waals surface area contributed by atoms with Gasteiger partial charge < -0.3 is 0 Å². The first-order valence-corrected chi connectivity index (χ1v) is 12.3. The number of thioether (sulfide) groups is 1. The van der Waals surface area contributed by atoms with E-state index in [2.05, 4.69) is 18.9 Å². The lowest BCUT2D eigenvalue weighted by Gasteiger charge is -2.14. The predicted octanol–water partition coefficient (Wildman–Crippen LogP) is 7.23. The summed E-state index contributed by atoms with van der Waals surface area (Å²) in [6, 6.07) is 8.97. The summed E-state index contributed by atoms with van der Waals surface area (Å²) in [6.07, 6.45) is 0.381. The number of hydrogen-bond donors (Lipinski definition) is 0. The number of halogens is 4. The quantitative estimate of drug-likeness (QED) is 0.308. The van der Waals surface area contributed by atoms with Crippen LogP contribution in [0.25, 0.3) is 17.0 Å². The first-order valence-electron chi connectivity index (χ1n) is 11.1. The SMILES string of the molecule is CC(C)CCCN1C(=O)S/C(=C\c2ccc3c(cnn3Cc3ccc(Cl)cc3C(F)(F)F)c2)C1=O. The average molecular weight is 522 g/mol. The molecule has 1 aromatic heterocycles. The van der Waals surface area contributed by atoms with Gasteiger partial charge >= 0.3 is 6.18 Å². The molecule has 4 rings (SSSR count). The first-order chi connectivity index (χ1) is 16.5. The number of amides is 2. The number of nitrogens with zero attached hydrogens (tertiary/aromatic N) is 3. The molecule has 1 saturated heterocycles. The van der Waals surface area contributed by atoms with E-state index >= 15 is 0 Å². The van der Waals surface area contributed by atoms with Gasteiger partial charge in [0.1, 0.15) is 0 Å². The summed E-state index contributed by atoms with van der Waals surface area (Å²) in [5.74, 6) is 0.194. The molecule has 0 unspecified atom stereocenters. The zero-order valence-corrected chi connectivity index (χ0v) is 20.7. The predicted molar refractivity (Wildman–Crippen MR) is 132 cm³/mol. The number of benzene rings is 2. The van der Waals surface area contributed by atoms with Crippen LogP contribution in [0.4, 0.5) is 18.0 Å². The van der Waals surface area contributed by atoms with Crippen molar-refractivity contribution in [3.05, 3.63) is 69.2 Å². The Morgan fingerprint density at radius 3 is 2.63 bits per heavy atom. The third-order valence-corrected chi connectivity index (χ3v) is 6.84. The molecule has 0 radical (unpaired) electrons.